The first-order valence-electron chi connectivity index (χ1n) is 6.14. The van der Waals surface area contributed by atoms with Gasteiger partial charge in [-0.05, 0) is 6.42 Å². The molecule has 1 fully saturated rings. The molecule has 19 heavy (non-hydrogen) atoms. The second kappa shape index (κ2) is 7.04. The molecule has 0 aromatic rings. The van der Waals surface area contributed by atoms with E-state index in [1.807, 2.05) is 6.92 Å². The van der Waals surface area contributed by atoms with Gasteiger partial charge in [-0.15, -0.1) is 11.8 Å². The molecule has 1 saturated heterocycles. The lowest BCUT2D eigenvalue weighted by atomic mass is 10.2. The summed E-state index contributed by atoms with van der Waals surface area (Å²) in [6.45, 7) is 0.266. The smallest absolute Gasteiger partial charge is 0.277 e. The zero-order chi connectivity index (χ0) is 14.5. The van der Waals surface area contributed by atoms with Crippen LogP contribution in [0, 0.1) is 0 Å². The molecule has 1 aliphatic rings. The van der Waals surface area contributed by atoms with Crippen LogP contribution in [0.25, 0.3) is 0 Å². The van der Waals surface area contributed by atoms with Gasteiger partial charge in [0.05, 0.1) is 19.0 Å². The molecule has 3 N–H and O–H groups in total. The Morgan fingerprint density at radius 2 is 2.21 bits per heavy atom. The lowest BCUT2D eigenvalue weighted by Gasteiger charge is -2.24. The Labute approximate surface area is 115 Å². The third kappa shape index (κ3) is 4.61. The maximum Gasteiger partial charge on any atom is 0.277 e. The highest BCUT2D eigenvalue weighted by atomic mass is 32.2. The van der Waals surface area contributed by atoms with Crippen LogP contribution >= 0.6 is 11.8 Å². The van der Waals surface area contributed by atoms with Crippen molar-refractivity contribution in [2.24, 2.45) is 5.73 Å². The van der Waals surface area contributed by atoms with E-state index in [9.17, 15) is 18.4 Å². The third-order valence-electron chi connectivity index (χ3n) is 2.79. The molecule has 0 aromatic heterocycles. The summed E-state index contributed by atoms with van der Waals surface area (Å²) in [6, 6.07) is -0.655. The Morgan fingerprint density at radius 3 is 2.79 bits per heavy atom. The summed E-state index contributed by atoms with van der Waals surface area (Å²) in [5.74, 6) is -2.89. The molecule has 0 aromatic carbocycles. The van der Waals surface area contributed by atoms with Crippen LogP contribution in [0.3, 0.4) is 0 Å². The van der Waals surface area contributed by atoms with Gasteiger partial charge in [-0.3, -0.25) is 9.59 Å². The fourth-order valence-electron chi connectivity index (χ4n) is 1.67. The number of amides is 2. The van der Waals surface area contributed by atoms with Gasteiger partial charge in [0, 0.05) is 12.2 Å². The number of alkyl halides is 2. The van der Waals surface area contributed by atoms with Gasteiger partial charge in [0.25, 0.3) is 5.92 Å². The minimum absolute atomic E-state index is 0.113. The highest BCUT2D eigenvalue weighted by Gasteiger charge is 2.35. The van der Waals surface area contributed by atoms with Gasteiger partial charge >= 0.3 is 0 Å². The van der Waals surface area contributed by atoms with Crippen molar-refractivity contribution in [3.05, 3.63) is 0 Å². The van der Waals surface area contributed by atoms with Crippen LogP contribution in [0.1, 0.15) is 19.8 Å². The third-order valence-corrected chi connectivity index (χ3v) is 3.80. The fraction of sp³-hybridized carbons (Fsp3) is 0.818. The van der Waals surface area contributed by atoms with Crippen molar-refractivity contribution >= 4 is 23.6 Å². The molecule has 0 bridgehead atoms. The monoisotopic (exact) mass is 295 g/mol. The van der Waals surface area contributed by atoms with E-state index in [0.717, 1.165) is 0 Å². The number of halogens is 2. The molecule has 1 atom stereocenters. The minimum atomic E-state index is -3.11. The fourth-order valence-corrected chi connectivity index (χ4v) is 2.85. The number of nitrogens with two attached hydrogens (primary N) is 1. The lowest BCUT2D eigenvalue weighted by molar-refractivity contribution is -0.138. The number of thioether (sulfide) groups is 1. The van der Waals surface area contributed by atoms with Crippen molar-refractivity contribution < 1.29 is 18.4 Å². The quantitative estimate of drug-likeness (QED) is 0.744. The Hall–Kier alpha value is -0.890. The van der Waals surface area contributed by atoms with E-state index in [0.29, 0.717) is 24.5 Å². The molecular formula is C11H19F2N3O2S. The number of hydrogen-bond donors (Lipinski definition) is 2. The predicted octanol–water partition coefficient (Wildman–Crippen LogP) is 0.398. The number of nitrogens with zero attached hydrogens (tertiary/aromatic N) is 1. The van der Waals surface area contributed by atoms with E-state index in [1.165, 1.54) is 16.7 Å². The Kier molecular flexibility index (Phi) is 5.99. The zero-order valence-electron chi connectivity index (χ0n) is 10.8. The van der Waals surface area contributed by atoms with Crippen LogP contribution < -0.4 is 11.1 Å². The molecule has 1 unspecified atom stereocenters. The summed E-state index contributed by atoms with van der Waals surface area (Å²) in [6.07, 6.45) is 1.06. The van der Waals surface area contributed by atoms with Gasteiger partial charge in [0.1, 0.15) is 6.04 Å². The number of rotatable bonds is 6. The van der Waals surface area contributed by atoms with E-state index >= 15 is 0 Å². The highest BCUT2D eigenvalue weighted by Crippen LogP contribution is 2.22. The number of carbonyl (C=O) groups excluding carboxylic acids is 2. The number of carbonyl (C=O) groups is 2. The Morgan fingerprint density at radius 1 is 1.53 bits per heavy atom. The van der Waals surface area contributed by atoms with Gasteiger partial charge in [0.15, 0.2) is 0 Å². The lowest BCUT2D eigenvalue weighted by Crippen LogP contribution is -2.50. The largest absolute Gasteiger partial charge is 0.348 e. The van der Waals surface area contributed by atoms with Crippen molar-refractivity contribution in [2.45, 2.75) is 31.7 Å². The molecular weight excluding hydrogens is 276 g/mol. The molecule has 0 radical (unpaired) electrons. The molecule has 5 nitrogen and oxygen atoms in total. The molecule has 1 aliphatic heterocycles. The maximum atomic E-state index is 13.0. The summed E-state index contributed by atoms with van der Waals surface area (Å²) < 4.78 is 25.9. The Bertz CT molecular complexity index is 342. The first-order valence-corrected chi connectivity index (χ1v) is 7.29. The minimum Gasteiger partial charge on any atom is -0.348 e. The molecule has 1 rings (SSSR count). The van der Waals surface area contributed by atoms with Crippen LogP contribution in [0.2, 0.25) is 0 Å². The maximum absolute atomic E-state index is 13.0. The SMILES string of the molecule is CCCC(=O)N1CSCC1C(=O)NCC(F)(F)CN. The van der Waals surface area contributed by atoms with E-state index in [2.05, 4.69) is 5.32 Å². The molecule has 110 valence electrons. The molecule has 8 heteroatoms. The topological polar surface area (TPSA) is 75.4 Å². The van der Waals surface area contributed by atoms with Crippen molar-refractivity contribution in [3.63, 3.8) is 0 Å². The van der Waals surface area contributed by atoms with Crippen LogP contribution in [-0.4, -0.2) is 53.4 Å². The number of hydrogen-bond acceptors (Lipinski definition) is 4. The van der Waals surface area contributed by atoms with Crippen LogP contribution in [0.4, 0.5) is 8.78 Å². The summed E-state index contributed by atoms with van der Waals surface area (Å²) in [7, 11) is 0. The van der Waals surface area contributed by atoms with Gasteiger partial charge < -0.3 is 16.0 Å². The summed E-state index contributed by atoms with van der Waals surface area (Å²) in [4.78, 5) is 25.1. The van der Waals surface area contributed by atoms with Gasteiger partial charge in [-0.2, -0.15) is 0 Å². The molecule has 2 amide bonds. The second-order valence-corrected chi connectivity index (χ2v) is 5.41. The van der Waals surface area contributed by atoms with Crippen molar-refractivity contribution in [2.75, 3.05) is 24.7 Å². The normalized spacial score (nSPS) is 19.6. The molecule has 0 saturated carbocycles. The van der Waals surface area contributed by atoms with Gasteiger partial charge in [-0.1, -0.05) is 6.92 Å². The molecule has 1 heterocycles. The number of nitrogens with one attached hydrogen (secondary N) is 1. The first-order chi connectivity index (χ1) is 8.91. The summed E-state index contributed by atoms with van der Waals surface area (Å²) in [5, 5.41) is 2.17. The van der Waals surface area contributed by atoms with Crippen LogP contribution in [-0.2, 0) is 9.59 Å². The summed E-state index contributed by atoms with van der Waals surface area (Å²) in [5.41, 5.74) is 4.89. The molecule has 0 aliphatic carbocycles. The van der Waals surface area contributed by atoms with Crippen LogP contribution in [0.15, 0.2) is 0 Å². The van der Waals surface area contributed by atoms with E-state index in [1.54, 1.807) is 0 Å². The second-order valence-electron chi connectivity index (χ2n) is 4.41. The molecule has 0 spiro atoms. The van der Waals surface area contributed by atoms with Gasteiger partial charge in [0.2, 0.25) is 11.8 Å². The first kappa shape index (κ1) is 16.2. The standard InChI is InChI=1S/C11H19F2N3O2S/c1-2-3-9(17)16-7-19-4-8(16)10(18)15-6-11(12,13)5-14/h8H,2-7,14H2,1H3,(H,15,18). The van der Waals surface area contributed by atoms with E-state index in [4.69, 9.17) is 5.73 Å². The van der Waals surface area contributed by atoms with Gasteiger partial charge in [-0.25, -0.2) is 8.78 Å². The van der Waals surface area contributed by atoms with Crippen molar-refractivity contribution in [3.8, 4) is 0 Å². The summed E-state index contributed by atoms with van der Waals surface area (Å²) >= 11 is 1.44. The van der Waals surface area contributed by atoms with E-state index in [-0.39, 0.29) is 5.91 Å². The van der Waals surface area contributed by atoms with Crippen molar-refractivity contribution in [1.82, 2.24) is 10.2 Å². The predicted molar refractivity (Wildman–Crippen MR) is 69.9 cm³/mol. The average Bonchev–Trinajstić information content (AvgIpc) is 2.85. The van der Waals surface area contributed by atoms with Crippen LogP contribution in [0.5, 0.6) is 0 Å². The highest BCUT2D eigenvalue weighted by molar-refractivity contribution is 7.99. The zero-order valence-corrected chi connectivity index (χ0v) is 11.6. The van der Waals surface area contributed by atoms with Crippen molar-refractivity contribution in [1.29, 1.82) is 0 Å². The average molecular weight is 295 g/mol. The van der Waals surface area contributed by atoms with E-state index < -0.39 is 31.0 Å². The Balaban J connectivity index is 2.53.